The number of aryl methyl sites for hydroxylation is 2. The Bertz CT molecular complexity index is 1240. The van der Waals surface area contributed by atoms with E-state index in [1.807, 2.05) is 0 Å². The van der Waals surface area contributed by atoms with Crippen LogP contribution >= 0.6 is 11.3 Å². The molecule has 0 saturated carbocycles. The van der Waals surface area contributed by atoms with E-state index in [9.17, 15) is 14.4 Å². The quantitative estimate of drug-likeness (QED) is 0.608. The topological polar surface area (TPSA) is 86.6 Å². The number of rotatable bonds is 5. The van der Waals surface area contributed by atoms with Gasteiger partial charge >= 0.3 is 5.97 Å². The monoisotopic (exact) mass is 440 g/mol. The van der Waals surface area contributed by atoms with Crippen LogP contribution in [0.25, 0.3) is 10.9 Å². The van der Waals surface area contributed by atoms with Crippen LogP contribution in [0.15, 0.2) is 29.2 Å². The van der Waals surface area contributed by atoms with Crippen LogP contribution in [0.4, 0.5) is 5.00 Å². The van der Waals surface area contributed by atoms with E-state index in [0.29, 0.717) is 27.2 Å². The van der Waals surface area contributed by atoms with Crippen molar-refractivity contribution in [3.8, 4) is 5.75 Å². The fraction of sp³-hybridized carbons (Fsp3) is 0.348. The Morgan fingerprint density at radius 2 is 2.00 bits per heavy atom. The van der Waals surface area contributed by atoms with Gasteiger partial charge in [0, 0.05) is 18.1 Å². The molecule has 0 fully saturated rings. The summed E-state index contributed by atoms with van der Waals surface area (Å²) in [5, 5.41) is 3.66. The van der Waals surface area contributed by atoms with Gasteiger partial charge in [0.25, 0.3) is 5.91 Å². The highest BCUT2D eigenvalue weighted by atomic mass is 32.1. The molecule has 8 heteroatoms. The van der Waals surface area contributed by atoms with Crippen molar-refractivity contribution < 1.29 is 19.1 Å². The zero-order chi connectivity index (χ0) is 22.1. The van der Waals surface area contributed by atoms with Gasteiger partial charge in [-0.1, -0.05) is 0 Å². The molecular weight excluding hydrogens is 416 g/mol. The molecule has 1 aliphatic rings. The summed E-state index contributed by atoms with van der Waals surface area (Å²) >= 11 is 1.40. The smallest absolute Gasteiger partial charge is 0.341 e. The minimum absolute atomic E-state index is 0.00411. The molecule has 2 heterocycles. The highest BCUT2D eigenvalue weighted by Crippen LogP contribution is 2.38. The predicted octanol–water partition coefficient (Wildman–Crippen LogP) is 3.92. The van der Waals surface area contributed by atoms with Crippen LogP contribution < -0.4 is 15.5 Å². The number of esters is 1. The number of carbonyl (C=O) groups excluding carboxylic acids is 2. The van der Waals surface area contributed by atoms with Gasteiger partial charge in [0.15, 0.2) is 0 Å². The number of carbonyl (C=O) groups is 2. The lowest BCUT2D eigenvalue weighted by atomic mass is 9.95. The fourth-order valence-electron chi connectivity index (χ4n) is 4.00. The number of aromatic nitrogens is 1. The summed E-state index contributed by atoms with van der Waals surface area (Å²) in [5.74, 6) is -0.444. The first-order valence-corrected chi connectivity index (χ1v) is 11.1. The minimum Gasteiger partial charge on any atom is -0.497 e. The van der Waals surface area contributed by atoms with Crippen LogP contribution in [-0.2, 0) is 24.6 Å². The number of fused-ring (bicyclic) bond motifs is 2. The Labute approximate surface area is 183 Å². The third-order valence-electron chi connectivity index (χ3n) is 5.52. The Hall–Kier alpha value is -3.13. The molecule has 162 valence electrons. The van der Waals surface area contributed by atoms with Crippen LogP contribution in [0.1, 0.15) is 50.9 Å². The number of benzene rings is 1. The highest BCUT2D eigenvalue weighted by molar-refractivity contribution is 7.17. The van der Waals surface area contributed by atoms with Crippen LogP contribution in [0, 0.1) is 0 Å². The number of thiophene rings is 1. The maximum absolute atomic E-state index is 13.1. The Morgan fingerprint density at radius 3 is 2.74 bits per heavy atom. The zero-order valence-corrected chi connectivity index (χ0v) is 18.6. The number of nitrogens with one attached hydrogen (secondary N) is 1. The first-order valence-electron chi connectivity index (χ1n) is 10.2. The number of nitrogens with zero attached hydrogens (tertiary/aromatic N) is 1. The molecule has 0 bridgehead atoms. The fourth-order valence-corrected chi connectivity index (χ4v) is 5.28. The van der Waals surface area contributed by atoms with E-state index in [-0.39, 0.29) is 17.6 Å². The second kappa shape index (κ2) is 8.55. The van der Waals surface area contributed by atoms with Crippen molar-refractivity contribution >= 4 is 39.1 Å². The molecule has 2 aromatic heterocycles. The van der Waals surface area contributed by atoms with Crippen LogP contribution in [0.5, 0.6) is 5.75 Å². The SMILES string of the molecule is CCOC(=O)c1c(NC(=O)c2cn(C)c3ccc(OC)cc3c2=O)sc2c1CCCC2. The number of hydrogen-bond acceptors (Lipinski definition) is 6. The Balaban J connectivity index is 1.76. The molecule has 1 aliphatic carbocycles. The van der Waals surface area contributed by atoms with Gasteiger partial charge < -0.3 is 19.4 Å². The van der Waals surface area contributed by atoms with Crippen molar-refractivity contribution in [3.05, 3.63) is 56.2 Å². The number of anilines is 1. The van der Waals surface area contributed by atoms with Crippen molar-refractivity contribution in [2.75, 3.05) is 19.0 Å². The van der Waals surface area contributed by atoms with Crippen molar-refractivity contribution in [3.63, 3.8) is 0 Å². The van der Waals surface area contributed by atoms with Crippen molar-refractivity contribution in [1.82, 2.24) is 4.57 Å². The van der Waals surface area contributed by atoms with Crippen LogP contribution in [0.2, 0.25) is 0 Å². The number of methoxy groups -OCH3 is 1. The number of hydrogen-bond donors (Lipinski definition) is 1. The maximum atomic E-state index is 13.1. The van der Waals surface area contributed by atoms with Gasteiger partial charge in [0.2, 0.25) is 5.43 Å². The lowest BCUT2D eigenvalue weighted by Crippen LogP contribution is -2.24. The van der Waals surface area contributed by atoms with Gasteiger partial charge in [0.1, 0.15) is 16.3 Å². The lowest BCUT2D eigenvalue weighted by molar-refractivity contribution is 0.0526. The van der Waals surface area contributed by atoms with Gasteiger partial charge in [-0.3, -0.25) is 9.59 Å². The first-order chi connectivity index (χ1) is 14.9. The van der Waals surface area contributed by atoms with E-state index >= 15 is 0 Å². The third kappa shape index (κ3) is 3.83. The molecule has 0 spiro atoms. The molecule has 3 aromatic rings. The van der Waals surface area contributed by atoms with E-state index in [0.717, 1.165) is 36.1 Å². The molecular formula is C23H24N2O5S. The molecule has 31 heavy (non-hydrogen) atoms. The van der Waals surface area contributed by atoms with Gasteiger partial charge in [-0.25, -0.2) is 4.79 Å². The molecule has 1 aromatic carbocycles. The summed E-state index contributed by atoms with van der Waals surface area (Å²) in [5.41, 5.74) is 1.70. The summed E-state index contributed by atoms with van der Waals surface area (Å²) in [6.45, 7) is 2.01. The lowest BCUT2D eigenvalue weighted by Gasteiger charge is -2.12. The zero-order valence-electron chi connectivity index (χ0n) is 17.7. The molecule has 0 aliphatic heterocycles. The molecule has 0 radical (unpaired) electrons. The standard InChI is InChI=1S/C23H24N2O5S/c1-4-30-23(28)19-14-7-5-6-8-18(14)31-22(19)24-21(27)16-12-25(2)17-10-9-13(29-3)11-15(17)20(16)26/h9-12H,4-8H2,1-3H3,(H,24,27). The molecule has 0 atom stereocenters. The largest absolute Gasteiger partial charge is 0.497 e. The van der Waals surface area contributed by atoms with Crippen molar-refractivity contribution in [2.45, 2.75) is 32.6 Å². The predicted molar refractivity (Wildman–Crippen MR) is 121 cm³/mol. The highest BCUT2D eigenvalue weighted by Gasteiger charge is 2.28. The van der Waals surface area contributed by atoms with Gasteiger partial charge in [-0.15, -0.1) is 11.3 Å². The summed E-state index contributed by atoms with van der Waals surface area (Å²) in [6.07, 6.45) is 5.23. The van der Waals surface area contributed by atoms with E-state index in [4.69, 9.17) is 9.47 Å². The molecule has 0 saturated heterocycles. The van der Waals surface area contributed by atoms with E-state index in [2.05, 4.69) is 5.32 Å². The molecule has 7 nitrogen and oxygen atoms in total. The average Bonchev–Trinajstić information content (AvgIpc) is 3.13. The summed E-state index contributed by atoms with van der Waals surface area (Å²) in [7, 11) is 3.30. The van der Waals surface area contributed by atoms with Crippen LogP contribution in [-0.4, -0.2) is 30.2 Å². The normalized spacial score (nSPS) is 13.0. The number of amides is 1. The second-order valence-electron chi connectivity index (χ2n) is 7.46. The molecule has 1 N–H and O–H groups in total. The summed E-state index contributed by atoms with van der Waals surface area (Å²) in [4.78, 5) is 39.9. The van der Waals surface area contributed by atoms with Gasteiger partial charge in [-0.2, -0.15) is 0 Å². The Morgan fingerprint density at radius 1 is 1.23 bits per heavy atom. The van der Waals surface area contributed by atoms with Gasteiger partial charge in [0.05, 0.1) is 30.2 Å². The van der Waals surface area contributed by atoms with Gasteiger partial charge in [-0.05, 0) is 56.4 Å². The molecule has 1 amide bonds. The maximum Gasteiger partial charge on any atom is 0.341 e. The summed E-state index contributed by atoms with van der Waals surface area (Å²) < 4.78 is 12.2. The number of ether oxygens (including phenoxy) is 2. The Kier molecular flexibility index (Phi) is 5.82. The number of pyridine rings is 1. The van der Waals surface area contributed by atoms with E-state index in [1.54, 1.807) is 36.7 Å². The van der Waals surface area contributed by atoms with E-state index < -0.39 is 11.9 Å². The summed E-state index contributed by atoms with van der Waals surface area (Å²) in [6, 6.07) is 5.18. The molecule has 0 unspecified atom stereocenters. The van der Waals surface area contributed by atoms with Crippen molar-refractivity contribution in [2.24, 2.45) is 7.05 Å². The minimum atomic E-state index is -0.547. The third-order valence-corrected chi connectivity index (χ3v) is 6.73. The van der Waals surface area contributed by atoms with Crippen LogP contribution in [0.3, 0.4) is 0 Å². The van der Waals surface area contributed by atoms with E-state index in [1.165, 1.54) is 24.6 Å². The first kappa shape index (κ1) is 21.1. The average molecular weight is 441 g/mol. The molecule has 4 rings (SSSR count). The van der Waals surface area contributed by atoms with Crippen molar-refractivity contribution in [1.29, 1.82) is 0 Å². The second-order valence-corrected chi connectivity index (χ2v) is 8.56.